The van der Waals surface area contributed by atoms with E-state index in [4.69, 9.17) is 16.7 Å². The van der Waals surface area contributed by atoms with E-state index in [2.05, 4.69) is 0 Å². The largest absolute Gasteiger partial charge is 0.478 e. The number of nitrogens with two attached hydrogens (primary N) is 2. The third-order valence-electron chi connectivity index (χ3n) is 2.64. The molecular formula is C11H9N3O5S. The van der Waals surface area contributed by atoms with Crippen LogP contribution in [0.2, 0.25) is 0 Å². The van der Waals surface area contributed by atoms with Crippen molar-refractivity contribution in [1.82, 2.24) is 4.68 Å². The van der Waals surface area contributed by atoms with E-state index in [-0.39, 0.29) is 5.56 Å². The van der Waals surface area contributed by atoms with Gasteiger partial charge in [0.2, 0.25) is 0 Å². The highest BCUT2D eigenvalue weighted by molar-refractivity contribution is 7.13. The third kappa shape index (κ3) is 1.89. The molecule has 6 N–H and O–H groups in total. The van der Waals surface area contributed by atoms with Gasteiger partial charge in [-0.15, -0.1) is 11.3 Å². The number of hydrogen-bond donors (Lipinski definition) is 4. The minimum Gasteiger partial charge on any atom is -0.478 e. The first kappa shape index (κ1) is 13.6. The zero-order valence-corrected chi connectivity index (χ0v) is 10.7. The standard InChI is InChI=1S/C11H9N3O5S/c12-8-6(10(16)17)5(4-2-1-3-20-4)7(11(18)19)9(15)14(8)13/h1-3H,12-13H2,(H,16,17)(H,18,19). The van der Waals surface area contributed by atoms with Crippen molar-refractivity contribution in [3.63, 3.8) is 0 Å². The average molecular weight is 295 g/mol. The summed E-state index contributed by atoms with van der Waals surface area (Å²) >= 11 is 1.09. The fraction of sp³-hybridized carbons (Fsp3) is 0. The highest BCUT2D eigenvalue weighted by atomic mass is 32.1. The lowest BCUT2D eigenvalue weighted by Crippen LogP contribution is -2.36. The van der Waals surface area contributed by atoms with Gasteiger partial charge in [0.25, 0.3) is 5.56 Å². The fourth-order valence-electron chi connectivity index (χ4n) is 1.79. The summed E-state index contributed by atoms with van der Waals surface area (Å²) in [6.45, 7) is 0. The van der Waals surface area contributed by atoms with Gasteiger partial charge >= 0.3 is 11.9 Å². The Morgan fingerprint density at radius 2 is 1.80 bits per heavy atom. The van der Waals surface area contributed by atoms with Crippen LogP contribution >= 0.6 is 11.3 Å². The van der Waals surface area contributed by atoms with Gasteiger partial charge in [-0.3, -0.25) is 4.79 Å². The van der Waals surface area contributed by atoms with E-state index in [1.165, 1.54) is 6.07 Å². The van der Waals surface area contributed by atoms with Crippen LogP contribution in [0.25, 0.3) is 10.4 Å². The lowest BCUT2D eigenvalue weighted by molar-refractivity contribution is 0.0695. The number of rotatable bonds is 3. The van der Waals surface area contributed by atoms with Crippen LogP contribution in [-0.2, 0) is 0 Å². The number of anilines is 1. The third-order valence-corrected chi connectivity index (χ3v) is 3.53. The molecule has 2 aromatic heterocycles. The monoisotopic (exact) mass is 295 g/mol. The van der Waals surface area contributed by atoms with Crippen LogP contribution in [0.3, 0.4) is 0 Å². The molecule has 20 heavy (non-hydrogen) atoms. The van der Waals surface area contributed by atoms with Crippen molar-refractivity contribution in [2.75, 3.05) is 11.6 Å². The molecule has 0 aliphatic heterocycles. The molecule has 2 heterocycles. The van der Waals surface area contributed by atoms with Gasteiger partial charge in [0.15, 0.2) is 0 Å². The molecule has 0 radical (unpaired) electrons. The predicted octanol–water partition coefficient (Wildman–Crippen LogP) is 0.269. The molecule has 2 rings (SSSR count). The molecule has 0 aromatic carbocycles. The molecule has 8 nitrogen and oxygen atoms in total. The minimum absolute atomic E-state index is 0.232. The maximum absolute atomic E-state index is 11.9. The van der Waals surface area contributed by atoms with Crippen LogP contribution in [0.1, 0.15) is 20.7 Å². The van der Waals surface area contributed by atoms with E-state index in [1.807, 2.05) is 0 Å². The number of thiophene rings is 1. The van der Waals surface area contributed by atoms with Gasteiger partial charge in [0, 0.05) is 10.4 Å². The Balaban J connectivity index is 3.05. The van der Waals surface area contributed by atoms with Crippen molar-refractivity contribution in [2.45, 2.75) is 0 Å². The van der Waals surface area contributed by atoms with Gasteiger partial charge in [-0.2, -0.15) is 0 Å². The molecule has 0 saturated carbocycles. The summed E-state index contributed by atoms with van der Waals surface area (Å²) in [7, 11) is 0. The van der Waals surface area contributed by atoms with Crippen LogP contribution < -0.4 is 17.1 Å². The molecule has 0 bridgehead atoms. The Labute approximate surface area is 115 Å². The SMILES string of the molecule is Nc1c(C(=O)O)c(-c2cccs2)c(C(=O)O)c(=O)n1N. The Kier molecular flexibility index (Phi) is 3.20. The highest BCUT2D eigenvalue weighted by Crippen LogP contribution is 2.32. The van der Waals surface area contributed by atoms with Crippen molar-refractivity contribution >= 4 is 29.1 Å². The van der Waals surface area contributed by atoms with Crippen LogP contribution in [-0.4, -0.2) is 26.8 Å². The molecule has 0 fully saturated rings. The normalized spacial score (nSPS) is 10.4. The number of nitrogens with zero attached hydrogens (tertiary/aromatic N) is 1. The first-order valence-corrected chi connectivity index (χ1v) is 6.08. The topological polar surface area (TPSA) is 149 Å². The molecular weight excluding hydrogens is 286 g/mol. The van der Waals surface area contributed by atoms with E-state index in [9.17, 15) is 19.5 Å². The quantitative estimate of drug-likeness (QED) is 0.593. The smallest absolute Gasteiger partial charge is 0.342 e. The van der Waals surface area contributed by atoms with E-state index < -0.39 is 34.4 Å². The fourth-order valence-corrected chi connectivity index (χ4v) is 2.58. The van der Waals surface area contributed by atoms with Gasteiger partial charge < -0.3 is 21.8 Å². The van der Waals surface area contributed by atoms with Gasteiger partial charge in [0.05, 0.1) is 0 Å². The van der Waals surface area contributed by atoms with E-state index in [0.29, 0.717) is 9.55 Å². The summed E-state index contributed by atoms with van der Waals surface area (Å²) in [5.74, 6) is 1.80. The van der Waals surface area contributed by atoms with E-state index in [1.54, 1.807) is 11.4 Å². The maximum Gasteiger partial charge on any atom is 0.342 e. The molecule has 0 unspecified atom stereocenters. The second kappa shape index (κ2) is 4.70. The molecule has 9 heteroatoms. The van der Waals surface area contributed by atoms with Crippen LogP contribution in [0.15, 0.2) is 22.3 Å². The summed E-state index contributed by atoms with van der Waals surface area (Å²) in [6, 6.07) is 3.10. The summed E-state index contributed by atoms with van der Waals surface area (Å²) in [5, 5.41) is 20.0. The number of hydrogen-bond acceptors (Lipinski definition) is 6. The van der Waals surface area contributed by atoms with Crippen molar-refractivity contribution in [3.05, 3.63) is 39.0 Å². The second-order valence-electron chi connectivity index (χ2n) is 3.77. The van der Waals surface area contributed by atoms with Crippen molar-refractivity contribution < 1.29 is 19.8 Å². The van der Waals surface area contributed by atoms with Crippen LogP contribution in [0, 0.1) is 0 Å². The second-order valence-corrected chi connectivity index (χ2v) is 4.72. The van der Waals surface area contributed by atoms with Gasteiger partial charge in [-0.05, 0) is 11.4 Å². The lowest BCUT2D eigenvalue weighted by atomic mass is 10.0. The average Bonchev–Trinajstić information content (AvgIpc) is 2.87. The minimum atomic E-state index is -1.57. The molecule has 0 saturated heterocycles. The number of carboxylic acid groups (broad SMARTS) is 2. The zero-order chi connectivity index (χ0) is 15.0. The summed E-state index contributed by atoms with van der Waals surface area (Å²) in [6.07, 6.45) is 0. The number of aromatic carboxylic acids is 2. The van der Waals surface area contributed by atoms with E-state index in [0.717, 1.165) is 11.3 Å². The molecule has 0 atom stereocenters. The summed E-state index contributed by atoms with van der Waals surface area (Å²) in [5.41, 5.74) is 3.00. The first-order valence-electron chi connectivity index (χ1n) is 5.20. The first-order chi connectivity index (χ1) is 9.36. The van der Waals surface area contributed by atoms with Crippen molar-refractivity contribution in [1.29, 1.82) is 0 Å². The highest BCUT2D eigenvalue weighted by Gasteiger charge is 2.28. The Hall–Kier alpha value is -2.81. The Bertz CT molecular complexity index is 763. The summed E-state index contributed by atoms with van der Waals surface area (Å²) in [4.78, 5) is 34.8. The van der Waals surface area contributed by atoms with Crippen molar-refractivity contribution in [3.8, 4) is 10.4 Å². The maximum atomic E-state index is 11.9. The molecule has 0 spiro atoms. The number of carboxylic acids is 2. The number of aromatic nitrogens is 1. The van der Waals surface area contributed by atoms with E-state index >= 15 is 0 Å². The predicted molar refractivity (Wildman–Crippen MR) is 72.5 cm³/mol. The molecule has 2 aromatic rings. The molecule has 104 valence electrons. The van der Waals surface area contributed by atoms with Gasteiger partial charge in [-0.25, -0.2) is 14.3 Å². The number of nitrogen functional groups attached to an aromatic ring is 2. The molecule has 0 aliphatic rings. The van der Waals surface area contributed by atoms with Gasteiger partial charge in [0.1, 0.15) is 16.9 Å². The Morgan fingerprint density at radius 3 is 2.25 bits per heavy atom. The summed E-state index contributed by atoms with van der Waals surface area (Å²) < 4.78 is 0.323. The lowest BCUT2D eigenvalue weighted by Gasteiger charge is -2.13. The van der Waals surface area contributed by atoms with Crippen LogP contribution in [0.5, 0.6) is 0 Å². The number of pyridine rings is 1. The zero-order valence-electron chi connectivity index (χ0n) is 9.86. The molecule has 0 aliphatic carbocycles. The Morgan fingerprint density at radius 1 is 1.20 bits per heavy atom. The van der Waals surface area contributed by atoms with Gasteiger partial charge in [-0.1, -0.05) is 6.07 Å². The van der Waals surface area contributed by atoms with Crippen LogP contribution in [0.4, 0.5) is 5.82 Å². The van der Waals surface area contributed by atoms with Crippen molar-refractivity contribution in [2.24, 2.45) is 0 Å². The number of carbonyl (C=O) groups is 2. The molecule has 0 amide bonds.